The zero-order valence-electron chi connectivity index (χ0n) is 14.7. The van der Waals surface area contributed by atoms with Crippen LogP contribution in [0.15, 0.2) is 20.1 Å². The Morgan fingerprint density at radius 2 is 1.09 bits per heavy atom. The fourth-order valence-electron chi connectivity index (χ4n) is 5.02. The molecule has 22 heavy (non-hydrogen) atoms. The first-order chi connectivity index (χ1) is 10.0. The summed E-state index contributed by atoms with van der Waals surface area (Å²) in [5.41, 5.74) is 8.44. The third kappa shape index (κ3) is 1.53. The summed E-state index contributed by atoms with van der Waals surface area (Å²) in [6.45, 7) is 13.8. The van der Waals surface area contributed by atoms with E-state index in [0.29, 0.717) is 0 Å². The quantitative estimate of drug-likeness (QED) is 0.553. The number of benzene rings is 1. The number of halogens is 2. The molecule has 0 amide bonds. The highest BCUT2D eigenvalue weighted by Gasteiger charge is 2.63. The van der Waals surface area contributed by atoms with E-state index in [1.54, 1.807) is 0 Å². The second kappa shape index (κ2) is 4.69. The minimum atomic E-state index is -0.0737. The molecule has 3 rings (SSSR count). The summed E-state index contributed by atoms with van der Waals surface area (Å²) >= 11 is 7.59. The van der Waals surface area contributed by atoms with Crippen molar-refractivity contribution in [3.05, 3.63) is 42.3 Å². The fraction of sp³-hybridized carbons (Fsp3) is 0.556. The first kappa shape index (κ1) is 16.7. The summed E-state index contributed by atoms with van der Waals surface area (Å²) in [4.78, 5) is 0. The second-order valence-corrected chi connectivity index (χ2v) is 8.77. The lowest BCUT2D eigenvalue weighted by Crippen LogP contribution is -2.51. The van der Waals surface area contributed by atoms with Gasteiger partial charge in [0.05, 0.1) is 11.1 Å². The molecule has 2 heterocycles. The van der Waals surface area contributed by atoms with Gasteiger partial charge in [-0.1, -0.05) is 0 Å². The van der Waals surface area contributed by atoms with Gasteiger partial charge in [0.15, 0.2) is 0 Å². The van der Waals surface area contributed by atoms with Gasteiger partial charge in [0.2, 0.25) is 0 Å². The van der Waals surface area contributed by atoms with E-state index >= 15 is 0 Å². The largest absolute Gasteiger partial charge is 0.246 e. The molecule has 1 aromatic rings. The minimum Gasteiger partial charge on any atom is -0.246 e. The molecule has 1 aromatic carbocycles. The van der Waals surface area contributed by atoms with Crippen LogP contribution in [-0.2, 0) is 11.1 Å². The zero-order valence-corrected chi connectivity index (χ0v) is 17.8. The SMILES string of the molecule is CC1=C(C)C2(C)c3c(C)c(Br)c(Br)c(C)c3C1(C)N2N(C)C. The number of fused-ring (bicyclic) bond motifs is 5. The van der Waals surface area contributed by atoms with Crippen molar-refractivity contribution in [1.82, 2.24) is 10.0 Å². The minimum absolute atomic E-state index is 0.0737. The van der Waals surface area contributed by atoms with Gasteiger partial charge < -0.3 is 0 Å². The number of nitrogens with zero attached hydrogens (tertiary/aromatic N) is 2. The predicted octanol–water partition coefficient (Wildman–Crippen LogP) is 5.40. The van der Waals surface area contributed by atoms with Crippen molar-refractivity contribution in [2.24, 2.45) is 0 Å². The summed E-state index contributed by atoms with van der Waals surface area (Å²) in [6, 6.07) is 0. The molecule has 0 N–H and O–H groups in total. The van der Waals surface area contributed by atoms with Crippen molar-refractivity contribution in [3.8, 4) is 0 Å². The van der Waals surface area contributed by atoms with Crippen LogP contribution in [0.3, 0.4) is 0 Å². The van der Waals surface area contributed by atoms with Crippen LogP contribution in [0.1, 0.15) is 49.9 Å². The Hall–Kier alpha value is -0.160. The standard InChI is InChI=1S/C18H24Br2N2/c1-9-13-14(10(2)16(20)15(9)19)18(6)12(4)11(3)17(13,5)22(18)21(7)8/h1-8H3. The molecule has 0 radical (unpaired) electrons. The first-order valence-electron chi connectivity index (χ1n) is 7.67. The van der Waals surface area contributed by atoms with Crippen molar-refractivity contribution in [2.75, 3.05) is 14.1 Å². The summed E-state index contributed by atoms with van der Waals surface area (Å²) in [6.07, 6.45) is 0. The number of rotatable bonds is 1. The Morgan fingerprint density at radius 3 is 1.36 bits per heavy atom. The van der Waals surface area contributed by atoms with Gasteiger partial charge >= 0.3 is 0 Å². The molecule has 2 aliphatic heterocycles. The maximum Gasteiger partial charge on any atom is 0.0806 e. The maximum atomic E-state index is 3.79. The van der Waals surface area contributed by atoms with E-state index in [2.05, 4.69) is 97.5 Å². The topological polar surface area (TPSA) is 6.48 Å². The second-order valence-electron chi connectivity index (χ2n) is 7.18. The average molecular weight is 428 g/mol. The van der Waals surface area contributed by atoms with Crippen molar-refractivity contribution < 1.29 is 0 Å². The monoisotopic (exact) mass is 426 g/mol. The zero-order chi connectivity index (χ0) is 16.8. The molecule has 0 saturated carbocycles. The summed E-state index contributed by atoms with van der Waals surface area (Å²) < 4.78 is 2.37. The van der Waals surface area contributed by atoms with Crippen LogP contribution in [0.5, 0.6) is 0 Å². The van der Waals surface area contributed by atoms with E-state index in [4.69, 9.17) is 0 Å². The molecular weight excluding hydrogens is 404 g/mol. The molecule has 2 atom stereocenters. The molecule has 4 heteroatoms. The lowest BCUT2D eigenvalue weighted by molar-refractivity contribution is -0.0910. The van der Waals surface area contributed by atoms with Gasteiger partial charge in [-0.3, -0.25) is 0 Å². The van der Waals surface area contributed by atoms with Crippen molar-refractivity contribution in [1.29, 1.82) is 0 Å². The smallest absolute Gasteiger partial charge is 0.0806 e. The van der Waals surface area contributed by atoms with Crippen LogP contribution in [-0.4, -0.2) is 24.1 Å². The van der Waals surface area contributed by atoms with Crippen LogP contribution in [0.25, 0.3) is 0 Å². The first-order valence-corrected chi connectivity index (χ1v) is 9.26. The summed E-state index contributed by atoms with van der Waals surface area (Å²) in [7, 11) is 4.31. The van der Waals surface area contributed by atoms with Crippen LogP contribution >= 0.6 is 31.9 Å². The van der Waals surface area contributed by atoms with Crippen molar-refractivity contribution in [2.45, 2.75) is 52.6 Å². The molecule has 0 aromatic heterocycles. The molecule has 120 valence electrons. The van der Waals surface area contributed by atoms with Gasteiger partial charge in [-0.25, -0.2) is 10.0 Å². The highest BCUT2D eigenvalue weighted by atomic mass is 79.9. The van der Waals surface area contributed by atoms with E-state index < -0.39 is 0 Å². The number of hydrazine groups is 1. The lowest BCUT2D eigenvalue weighted by Gasteiger charge is -2.42. The lowest BCUT2D eigenvalue weighted by atomic mass is 9.72. The molecule has 2 nitrogen and oxygen atoms in total. The average Bonchev–Trinajstić information content (AvgIpc) is 2.75. The van der Waals surface area contributed by atoms with E-state index in [1.165, 1.54) is 42.3 Å². The molecule has 2 unspecified atom stereocenters. The fourth-order valence-corrected chi connectivity index (χ4v) is 6.01. The third-order valence-electron chi connectivity index (χ3n) is 6.09. The van der Waals surface area contributed by atoms with Crippen LogP contribution < -0.4 is 0 Å². The van der Waals surface area contributed by atoms with E-state index in [1.807, 2.05) is 0 Å². The Morgan fingerprint density at radius 1 is 0.773 bits per heavy atom. The van der Waals surface area contributed by atoms with Crippen LogP contribution in [0, 0.1) is 13.8 Å². The molecule has 0 fully saturated rings. The Bertz CT molecular complexity index is 678. The van der Waals surface area contributed by atoms with Gasteiger partial charge in [-0.05, 0) is 107 Å². The molecule has 2 aliphatic rings. The Balaban J connectivity index is 2.52. The molecule has 0 spiro atoms. The van der Waals surface area contributed by atoms with E-state index in [9.17, 15) is 0 Å². The van der Waals surface area contributed by atoms with Crippen LogP contribution in [0.2, 0.25) is 0 Å². The number of hydrogen-bond acceptors (Lipinski definition) is 2. The van der Waals surface area contributed by atoms with Gasteiger partial charge in [-0.2, -0.15) is 0 Å². The molecule has 0 saturated heterocycles. The van der Waals surface area contributed by atoms with Gasteiger partial charge in [0.1, 0.15) is 0 Å². The maximum absolute atomic E-state index is 3.79. The van der Waals surface area contributed by atoms with Gasteiger partial charge in [0, 0.05) is 23.0 Å². The highest BCUT2D eigenvalue weighted by molar-refractivity contribution is 9.13. The molecular formula is C18H24Br2N2. The molecule has 2 bridgehead atoms. The van der Waals surface area contributed by atoms with Crippen molar-refractivity contribution >= 4 is 31.9 Å². The summed E-state index contributed by atoms with van der Waals surface area (Å²) in [5, 5.41) is 4.81. The predicted molar refractivity (Wildman–Crippen MR) is 99.9 cm³/mol. The Kier molecular flexibility index (Phi) is 3.55. The third-order valence-corrected chi connectivity index (χ3v) is 8.61. The normalized spacial score (nSPS) is 30.7. The van der Waals surface area contributed by atoms with Crippen molar-refractivity contribution in [3.63, 3.8) is 0 Å². The van der Waals surface area contributed by atoms with Gasteiger partial charge in [0.25, 0.3) is 0 Å². The van der Waals surface area contributed by atoms with Gasteiger partial charge in [-0.15, -0.1) is 0 Å². The van der Waals surface area contributed by atoms with Crippen LogP contribution in [0.4, 0.5) is 0 Å². The molecule has 0 aliphatic carbocycles. The summed E-state index contributed by atoms with van der Waals surface area (Å²) in [5.74, 6) is 0. The number of hydrogen-bond donors (Lipinski definition) is 0. The Labute approximate surface area is 150 Å². The highest BCUT2D eigenvalue weighted by Crippen LogP contribution is 2.65. The van der Waals surface area contributed by atoms with E-state index in [-0.39, 0.29) is 11.1 Å². The van der Waals surface area contributed by atoms with E-state index in [0.717, 1.165) is 0 Å².